The van der Waals surface area contributed by atoms with Crippen molar-refractivity contribution in [3.8, 4) is 5.69 Å². The third-order valence-corrected chi connectivity index (χ3v) is 2.81. The molecule has 0 fully saturated rings. The summed E-state index contributed by atoms with van der Waals surface area (Å²) in [5, 5.41) is 12.6. The number of hydrogen-bond acceptors (Lipinski definition) is 4. The molecule has 0 atom stereocenters. The van der Waals surface area contributed by atoms with Crippen LogP contribution < -0.4 is 0 Å². The minimum absolute atomic E-state index is 0.559. The molecule has 2 heterocycles. The molecule has 0 aliphatic carbocycles. The highest BCUT2D eigenvalue weighted by Gasteiger charge is 1.96. The second-order valence-electron chi connectivity index (χ2n) is 4.22. The zero-order chi connectivity index (χ0) is 13.6. The molecule has 0 bridgehead atoms. The van der Waals surface area contributed by atoms with E-state index >= 15 is 0 Å². The van der Waals surface area contributed by atoms with Gasteiger partial charge >= 0.3 is 0 Å². The molecule has 0 aliphatic heterocycles. The first-order valence-corrected chi connectivity index (χ1v) is 6.28. The molecule has 5 nitrogen and oxygen atoms in total. The molecular formula is C15H13N5. The summed E-state index contributed by atoms with van der Waals surface area (Å²) in [4.78, 5) is 3.97. The Morgan fingerprint density at radius 3 is 2.45 bits per heavy atom. The molecule has 1 aromatic carbocycles. The summed E-state index contributed by atoms with van der Waals surface area (Å²) < 4.78 is 1.80. The van der Waals surface area contributed by atoms with Crippen molar-refractivity contribution in [2.24, 2.45) is 10.2 Å². The van der Waals surface area contributed by atoms with Gasteiger partial charge in [0, 0.05) is 24.8 Å². The summed E-state index contributed by atoms with van der Waals surface area (Å²) in [6, 6.07) is 13.5. The van der Waals surface area contributed by atoms with Crippen molar-refractivity contribution in [2.75, 3.05) is 0 Å². The van der Waals surface area contributed by atoms with Gasteiger partial charge in [0.05, 0.1) is 17.9 Å². The molecule has 0 saturated heterocycles. The van der Waals surface area contributed by atoms with Crippen molar-refractivity contribution in [2.45, 2.75) is 6.54 Å². The molecule has 5 heteroatoms. The summed E-state index contributed by atoms with van der Waals surface area (Å²) in [5.41, 5.74) is 2.93. The molecular weight excluding hydrogens is 250 g/mol. The van der Waals surface area contributed by atoms with Crippen molar-refractivity contribution >= 4 is 5.69 Å². The van der Waals surface area contributed by atoms with E-state index in [1.165, 1.54) is 0 Å². The van der Waals surface area contributed by atoms with Crippen LogP contribution in [0, 0.1) is 0 Å². The molecule has 0 N–H and O–H groups in total. The molecule has 98 valence electrons. The summed E-state index contributed by atoms with van der Waals surface area (Å²) >= 11 is 0. The van der Waals surface area contributed by atoms with E-state index in [1.807, 2.05) is 48.7 Å². The van der Waals surface area contributed by atoms with Crippen molar-refractivity contribution in [3.63, 3.8) is 0 Å². The molecule has 20 heavy (non-hydrogen) atoms. The lowest BCUT2D eigenvalue weighted by atomic mass is 10.3. The number of azo groups is 1. The quantitative estimate of drug-likeness (QED) is 0.676. The lowest BCUT2D eigenvalue weighted by Gasteiger charge is -2.00. The number of pyridine rings is 1. The van der Waals surface area contributed by atoms with Crippen LogP contribution in [-0.2, 0) is 6.54 Å². The lowest BCUT2D eigenvalue weighted by molar-refractivity contribution is 0.880. The topological polar surface area (TPSA) is 55.4 Å². The van der Waals surface area contributed by atoms with Crippen LogP contribution in [0.3, 0.4) is 0 Å². The number of hydrogen-bond donors (Lipinski definition) is 0. The van der Waals surface area contributed by atoms with Gasteiger partial charge in [-0.2, -0.15) is 15.3 Å². The highest BCUT2D eigenvalue weighted by Crippen LogP contribution is 2.16. The van der Waals surface area contributed by atoms with Gasteiger partial charge in [-0.25, -0.2) is 4.68 Å². The normalized spacial score (nSPS) is 11.0. The van der Waals surface area contributed by atoms with Gasteiger partial charge in [-0.1, -0.05) is 0 Å². The van der Waals surface area contributed by atoms with Crippen LogP contribution in [0.4, 0.5) is 5.69 Å². The van der Waals surface area contributed by atoms with Gasteiger partial charge in [-0.3, -0.25) is 4.98 Å². The zero-order valence-corrected chi connectivity index (χ0v) is 10.8. The third kappa shape index (κ3) is 2.95. The van der Waals surface area contributed by atoms with Gasteiger partial charge in [0.25, 0.3) is 0 Å². The predicted octanol–water partition coefficient (Wildman–Crippen LogP) is 3.55. The van der Waals surface area contributed by atoms with Crippen molar-refractivity contribution in [3.05, 3.63) is 72.8 Å². The molecule has 3 rings (SSSR count). The van der Waals surface area contributed by atoms with Gasteiger partial charge in [0.2, 0.25) is 0 Å². The zero-order valence-electron chi connectivity index (χ0n) is 10.8. The van der Waals surface area contributed by atoms with E-state index in [1.54, 1.807) is 23.3 Å². The summed E-state index contributed by atoms with van der Waals surface area (Å²) in [6.07, 6.45) is 7.16. The number of benzene rings is 1. The largest absolute Gasteiger partial charge is 0.265 e. The van der Waals surface area contributed by atoms with Crippen LogP contribution in [0.15, 0.2) is 77.5 Å². The first kappa shape index (κ1) is 12.2. The highest BCUT2D eigenvalue weighted by molar-refractivity contribution is 5.43. The van der Waals surface area contributed by atoms with E-state index in [0.717, 1.165) is 16.9 Å². The van der Waals surface area contributed by atoms with Crippen molar-refractivity contribution < 1.29 is 0 Å². The fraction of sp³-hybridized carbons (Fsp3) is 0.0667. The Morgan fingerprint density at radius 1 is 0.950 bits per heavy atom. The second-order valence-corrected chi connectivity index (χ2v) is 4.22. The van der Waals surface area contributed by atoms with Crippen molar-refractivity contribution in [1.82, 2.24) is 14.8 Å². The van der Waals surface area contributed by atoms with Crippen molar-refractivity contribution in [1.29, 1.82) is 0 Å². The molecule has 0 amide bonds. The summed E-state index contributed by atoms with van der Waals surface area (Å²) in [6.45, 7) is 0.559. The van der Waals surface area contributed by atoms with Crippen LogP contribution in [-0.4, -0.2) is 14.8 Å². The van der Waals surface area contributed by atoms with Gasteiger partial charge in [0.1, 0.15) is 0 Å². The average Bonchev–Trinajstić information content (AvgIpc) is 3.03. The minimum atomic E-state index is 0.559. The Hall–Kier alpha value is -2.82. The highest BCUT2D eigenvalue weighted by atomic mass is 15.3. The molecule has 0 aliphatic rings. The Balaban J connectivity index is 1.66. The first-order chi connectivity index (χ1) is 9.92. The Labute approximate surface area is 116 Å². The van der Waals surface area contributed by atoms with E-state index in [9.17, 15) is 0 Å². The maximum absolute atomic E-state index is 4.20. The predicted molar refractivity (Wildman–Crippen MR) is 76.0 cm³/mol. The Bertz CT molecular complexity index is 672. The van der Waals surface area contributed by atoms with E-state index < -0.39 is 0 Å². The standard InChI is InChI=1S/C15H13N5/c1-8-18-20(11-1)15-4-2-14(3-5-15)19-17-12-13-6-9-16-10-7-13/h1-11H,12H2. The molecule has 3 aromatic rings. The maximum atomic E-state index is 4.20. The van der Waals surface area contributed by atoms with Crippen LogP contribution in [0.5, 0.6) is 0 Å². The van der Waals surface area contributed by atoms with E-state index in [-0.39, 0.29) is 0 Å². The van der Waals surface area contributed by atoms with E-state index in [2.05, 4.69) is 20.3 Å². The molecule has 0 spiro atoms. The van der Waals surface area contributed by atoms with Crippen LogP contribution in [0.25, 0.3) is 5.69 Å². The monoisotopic (exact) mass is 263 g/mol. The molecule has 2 aromatic heterocycles. The number of rotatable bonds is 4. The number of aromatic nitrogens is 3. The second kappa shape index (κ2) is 5.88. The van der Waals surface area contributed by atoms with Crippen LogP contribution in [0.1, 0.15) is 5.56 Å². The van der Waals surface area contributed by atoms with Gasteiger partial charge in [-0.05, 0) is 48.0 Å². The third-order valence-electron chi connectivity index (χ3n) is 2.81. The SMILES string of the molecule is c1cnn(-c2ccc(N=NCc3ccncc3)cc2)c1. The van der Waals surface area contributed by atoms with E-state index in [4.69, 9.17) is 0 Å². The van der Waals surface area contributed by atoms with Crippen LogP contribution >= 0.6 is 0 Å². The molecule has 0 saturated carbocycles. The van der Waals surface area contributed by atoms with Crippen LogP contribution in [0.2, 0.25) is 0 Å². The van der Waals surface area contributed by atoms with Gasteiger partial charge in [-0.15, -0.1) is 0 Å². The fourth-order valence-corrected chi connectivity index (χ4v) is 1.78. The minimum Gasteiger partial charge on any atom is -0.265 e. The smallest absolute Gasteiger partial charge is 0.0854 e. The molecule has 0 radical (unpaired) electrons. The summed E-state index contributed by atoms with van der Waals surface area (Å²) in [5.74, 6) is 0. The Kier molecular flexibility index (Phi) is 3.59. The first-order valence-electron chi connectivity index (χ1n) is 6.28. The number of nitrogens with zero attached hydrogens (tertiary/aromatic N) is 5. The maximum Gasteiger partial charge on any atom is 0.0854 e. The van der Waals surface area contributed by atoms with Gasteiger partial charge < -0.3 is 0 Å². The van der Waals surface area contributed by atoms with E-state index in [0.29, 0.717) is 6.54 Å². The lowest BCUT2D eigenvalue weighted by Crippen LogP contribution is -1.92. The Morgan fingerprint density at radius 2 is 1.75 bits per heavy atom. The fourth-order valence-electron chi connectivity index (χ4n) is 1.78. The average molecular weight is 263 g/mol. The molecule has 0 unspecified atom stereocenters. The summed E-state index contributed by atoms with van der Waals surface area (Å²) in [7, 11) is 0. The van der Waals surface area contributed by atoms with Gasteiger partial charge in [0.15, 0.2) is 0 Å².